The van der Waals surface area contributed by atoms with Crippen molar-refractivity contribution >= 4 is 5.97 Å². The first-order valence-corrected chi connectivity index (χ1v) is 4.90. The highest BCUT2D eigenvalue weighted by molar-refractivity contribution is 5.86. The van der Waals surface area contributed by atoms with E-state index in [0.29, 0.717) is 0 Å². The monoisotopic (exact) mass is 223 g/mol. The lowest BCUT2D eigenvalue weighted by Gasteiger charge is -2.13. The van der Waals surface area contributed by atoms with Gasteiger partial charge in [0, 0.05) is 18.2 Å². The number of carboxylic acids is 1. The van der Waals surface area contributed by atoms with Gasteiger partial charge in [0.05, 0.1) is 0 Å². The number of hydrogen-bond donors (Lipinski definition) is 2. The second-order valence-corrected chi connectivity index (χ2v) is 3.56. The minimum Gasteiger partial charge on any atom is -0.478 e. The molecule has 0 aliphatic carbocycles. The molecule has 1 rings (SSSR count). The Hall–Kier alpha value is -1.68. The van der Waals surface area contributed by atoms with Crippen molar-refractivity contribution in [3.8, 4) is 0 Å². The number of carboxylic acid groups (broad SMARTS) is 1. The van der Waals surface area contributed by atoms with Gasteiger partial charge in [0.1, 0.15) is 5.82 Å². The molecule has 0 amide bonds. The molecule has 1 aromatic carbocycles. The summed E-state index contributed by atoms with van der Waals surface area (Å²) in [6.07, 6.45) is 0. The minimum atomic E-state index is -1.01. The van der Waals surface area contributed by atoms with E-state index in [9.17, 15) is 9.18 Å². The van der Waals surface area contributed by atoms with Gasteiger partial charge >= 0.3 is 5.97 Å². The Kier molecular flexibility index (Phi) is 4.19. The van der Waals surface area contributed by atoms with Gasteiger partial charge in [0.2, 0.25) is 0 Å². The quantitative estimate of drug-likeness (QED) is 0.752. The molecule has 0 saturated carbocycles. The van der Waals surface area contributed by atoms with Crippen LogP contribution in [0.15, 0.2) is 36.4 Å². The molecular formula is C12H14FNO2. The van der Waals surface area contributed by atoms with Gasteiger partial charge in [0.15, 0.2) is 0 Å². The van der Waals surface area contributed by atoms with Crippen molar-refractivity contribution in [2.45, 2.75) is 13.0 Å². The third-order valence-corrected chi connectivity index (χ3v) is 2.29. The van der Waals surface area contributed by atoms with Crippen LogP contribution in [-0.2, 0) is 4.79 Å². The molecule has 0 saturated heterocycles. The van der Waals surface area contributed by atoms with E-state index in [0.717, 1.165) is 5.56 Å². The Labute approximate surface area is 93.6 Å². The number of rotatable bonds is 5. The Morgan fingerprint density at radius 1 is 1.50 bits per heavy atom. The molecule has 1 unspecified atom stereocenters. The van der Waals surface area contributed by atoms with E-state index in [4.69, 9.17) is 5.11 Å². The molecule has 0 spiro atoms. The van der Waals surface area contributed by atoms with Gasteiger partial charge in [-0.05, 0) is 24.6 Å². The predicted octanol–water partition coefficient (Wildman–Crippen LogP) is 2.12. The van der Waals surface area contributed by atoms with Crippen LogP contribution in [0.2, 0.25) is 0 Å². The Bertz CT molecular complexity index is 387. The molecule has 0 aromatic heterocycles. The number of aliphatic carboxylic acids is 1. The second-order valence-electron chi connectivity index (χ2n) is 3.56. The zero-order chi connectivity index (χ0) is 12.1. The number of halogens is 1. The van der Waals surface area contributed by atoms with Gasteiger partial charge in [-0.15, -0.1) is 0 Å². The largest absolute Gasteiger partial charge is 0.478 e. The molecule has 1 atom stereocenters. The maximum atomic E-state index is 12.7. The highest BCUT2D eigenvalue weighted by atomic mass is 19.1. The van der Waals surface area contributed by atoms with E-state index in [1.807, 2.05) is 6.92 Å². The van der Waals surface area contributed by atoms with Crippen LogP contribution in [0, 0.1) is 5.82 Å². The van der Waals surface area contributed by atoms with E-state index in [1.165, 1.54) is 12.1 Å². The highest BCUT2D eigenvalue weighted by Gasteiger charge is 2.08. The van der Waals surface area contributed by atoms with Crippen molar-refractivity contribution in [3.05, 3.63) is 47.8 Å². The Morgan fingerprint density at radius 2 is 2.06 bits per heavy atom. The molecule has 4 heteroatoms. The predicted molar refractivity (Wildman–Crippen MR) is 59.6 cm³/mol. The first-order valence-electron chi connectivity index (χ1n) is 4.90. The zero-order valence-electron chi connectivity index (χ0n) is 9.03. The Balaban J connectivity index is 2.52. The molecule has 0 bridgehead atoms. The molecule has 0 aliphatic rings. The van der Waals surface area contributed by atoms with Crippen molar-refractivity contribution in [1.29, 1.82) is 0 Å². The third kappa shape index (κ3) is 3.47. The van der Waals surface area contributed by atoms with Crippen molar-refractivity contribution in [3.63, 3.8) is 0 Å². The lowest BCUT2D eigenvalue weighted by Crippen LogP contribution is -2.23. The number of hydrogen-bond acceptors (Lipinski definition) is 2. The zero-order valence-corrected chi connectivity index (χ0v) is 9.03. The van der Waals surface area contributed by atoms with Crippen LogP contribution in [0.1, 0.15) is 18.5 Å². The molecule has 0 radical (unpaired) electrons. The van der Waals surface area contributed by atoms with Crippen LogP contribution in [0.5, 0.6) is 0 Å². The van der Waals surface area contributed by atoms with Crippen molar-refractivity contribution in [2.75, 3.05) is 6.54 Å². The summed E-state index contributed by atoms with van der Waals surface area (Å²) in [6, 6.07) is 6.03. The normalized spacial score (nSPS) is 12.1. The third-order valence-electron chi connectivity index (χ3n) is 2.29. The standard InChI is InChI=1S/C12H14FNO2/c1-8(12(15)16)7-14-9(2)10-3-5-11(13)6-4-10/h3-6,9,14H,1,7H2,2H3,(H,15,16). The fourth-order valence-corrected chi connectivity index (χ4v) is 1.22. The molecule has 86 valence electrons. The van der Waals surface area contributed by atoms with Crippen LogP contribution in [-0.4, -0.2) is 17.6 Å². The van der Waals surface area contributed by atoms with Gasteiger partial charge in [0.25, 0.3) is 0 Å². The Morgan fingerprint density at radius 3 is 2.56 bits per heavy atom. The summed E-state index contributed by atoms with van der Waals surface area (Å²) in [5, 5.41) is 11.6. The fourth-order valence-electron chi connectivity index (χ4n) is 1.22. The van der Waals surface area contributed by atoms with Gasteiger partial charge in [-0.25, -0.2) is 9.18 Å². The minimum absolute atomic E-state index is 0.0447. The number of carbonyl (C=O) groups is 1. The fraction of sp³-hybridized carbons (Fsp3) is 0.250. The second kappa shape index (κ2) is 5.42. The average molecular weight is 223 g/mol. The van der Waals surface area contributed by atoms with Crippen LogP contribution < -0.4 is 5.32 Å². The summed E-state index contributed by atoms with van der Waals surface area (Å²) < 4.78 is 12.7. The number of benzene rings is 1. The van der Waals surface area contributed by atoms with Gasteiger partial charge in [-0.1, -0.05) is 18.7 Å². The molecule has 1 aromatic rings. The van der Waals surface area contributed by atoms with Crippen molar-refractivity contribution in [2.24, 2.45) is 0 Å². The molecule has 16 heavy (non-hydrogen) atoms. The van der Waals surface area contributed by atoms with E-state index in [2.05, 4.69) is 11.9 Å². The molecule has 2 N–H and O–H groups in total. The maximum absolute atomic E-state index is 12.7. The SMILES string of the molecule is C=C(CNC(C)c1ccc(F)cc1)C(=O)O. The summed E-state index contributed by atoms with van der Waals surface area (Å²) in [4.78, 5) is 10.5. The summed E-state index contributed by atoms with van der Waals surface area (Å²) >= 11 is 0. The van der Waals surface area contributed by atoms with Crippen LogP contribution in [0.3, 0.4) is 0 Å². The first kappa shape index (κ1) is 12.4. The van der Waals surface area contributed by atoms with E-state index in [-0.39, 0.29) is 24.0 Å². The topological polar surface area (TPSA) is 49.3 Å². The van der Waals surface area contributed by atoms with Crippen molar-refractivity contribution < 1.29 is 14.3 Å². The molecule has 0 fully saturated rings. The van der Waals surface area contributed by atoms with E-state index < -0.39 is 5.97 Å². The van der Waals surface area contributed by atoms with Crippen molar-refractivity contribution in [1.82, 2.24) is 5.32 Å². The highest BCUT2D eigenvalue weighted by Crippen LogP contribution is 2.12. The summed E-state index contributed by atoms with van der Waals surface area (Å²) in [5.74, 6) is -1.30. The van der Waals surface area contributed by atoms with Crippen LogP contribution >= 0.6 is 0 Å². The number of nitrogens with one attached hydrogen (secondary N) is 1. The smallest absolute Gasteiger partial charge is 0.332 e. The lowest BCUT2D eigenvalue weighted by molar-refractivity contribution is -0.132. The molecular weight excluding hydrogens is 209 g/mol. The summed E-state index contributed by atoms with van der Waals surface area (Å²) in [5.41, 5.74) is 1.01. The molecule has 0 heterocycles. The lowest BCUT2D eigenvalue weighted by atomic mass is 10.1. The van der Waals surface area contributed by atoms with Crippen LogP contribution in [0.4, 0.5) is 4.39 Å². The first-order chi connectivity index (χ1) is 7.50. The average Bonchev–Trinajstić information content (AvgIpc) is 2.26. The van der Waals surface area contributed by atoms with E-state index >= 15 is 0 Å². The van der Waals surface area contributed by atoms with Gasteiger partial charge in [-0.3, -0.25) is 0 Å². The van der Waals surface area contributed by atoms with E-state index in [1.54, 1.807) is 12.1 Å². The summed E-state index contributed by atoms with van der Waals surface area (Å²) in [7, 11) is 0. The summed E-state index contributed by atoms with van der Waals surface area (Å²) in [6.45, 7) is 5.49. The molecule has 3 nitrogen and oxygen atoms in total. The maximum Gasteiger partial charge on any atom is 0.332 e. The van der Waals surface area contributed by atoms with Crippen LogP contribution in [0.25, 0.3) is 0 Å². The van der Waals surface area contributed by atoms with Gasteiger partial charge in [-0.2, -0.15) is 0 Å². The van der Waals surface area contributed by atoms with Gasteiger partial charge < -0.3 is 10.4 Å². The molecule has 0 aliphatic heterocycles.